The number of nitrogens with one attached hydrogen (secondary N) is 2. The number of dihydropyridines is 1. The number of hydrogen-bond donors (Lipinski definition) is 2. The molecule has 4 rings (SSSR count). The second kappa shape index (κ2) is 8.38. The van der Waals surface area contributed by atoms with E-state index in [4.69, 9.17) is 4.74 Å². The molecule has 0 fully saturated rings. The van der Waals surface area contributed by atoms with Crippen LogP contribution in [0.1, 0.15) is 43.9 Å². The highest BCUT2D eigenvalue weighted by Crippen LogP contribution is 2.44. The first-order valence-corrected chi connectivity index (χ1v) is 10.5. The maximum atomic E-state index is 13.5. The van der Waals surface area contributed by atoms with Crippen molar-refractivity contribution >= 4 is 17.5 Å². The molecule has 6 heteroatoms. The zero-order valence-corrected chi connectivity index (χ0v) is 18.3. The van der Waals surface area contributed by atoms with E-state index in [1.165, 1.54) is 0 Å². The summed E-state index contributed by atoms with van der Waals surface area (Å²) in [6.07, 6.45) is 1.27. The quantitative estimate of drug-likeness (QED) is 0.777. The molecule has 2 aromatic rings. The molecule has 0 bridgehead atoms. The fourth-order valence-electron chi connectivity index (χ4n) is 4.49. The topological polar surface area (TPSA) is 80.3 Å². The molecule has 2 unspecified atom stereocenters. The number of pyridine rings is 1. The van der Waals surface area contributed by atoms with Crippen LogP contribution in [0.5, 0.6) is 5.75 Å². The van der Waals surface area contributed by atoms with Crippen LogP contribution in [0.4, 0.5) is 5.82 Å². The van der Waals surface area contributed by atoms with Gasteiger partial charge in [-0.1, -0.05) is 25.1 Å². The van der Waals surface area contributed by atoms with E-state index in [1.54, 1.807) is 13.2 Å². The van der Waals surface area contributed by atoms with Crippen molar-refractivity contribution in [2.45, 2.75) is 39.5 Å². The summed E-state index contributed by atoms with van der Waals surface area (Å²) in [6, 6.07) is 13.1. The van der Waals surface area contributed by atoms with E-state index < -0.39 is 5.92 Å². The van der Waals surface area contributed by atoms with Gasteiger partial charge in [-0.3, -0.25) is 9.59 Å². The summed E-state index contributed by atoms with van der Waals surface area (Å²) in [6.45, 7) is 5.84. The molecular formula is C25H27N3O3. The molecule has 0 spiro atoms. The highest BCUT2D eigenvalue weighted by atomic mass is 16.5. The third kappa shape index (κ3) is 4.10. The van der Waals surface area contributed by atoms with Crippen LogP contribution in [-0.2, 0) is 9.59 Å². The van der Waals surface area contributed by atoms with E-state index >= 15 is 0 Å². The van der Waals surface area contributed by atoms with Gasteiger partial charge >= 0.3 is 0 Å². The Morgan fingerprint density at radius 1 is 1.16 bits per heavy atom. The van der Waals surface area contributed by atoms with E-state index in [0.717, 1.165) is 29.1 Å². The summed E-state index contributed by atoms with van der Waals surface area (Å²) in [5.41, 5.74) is 4.55. The molecule has 2 heterocycles. The van der Waals surface area contributed by atoms with Crippen molar-refractivity contribution in [1.82, 2.24) is 10.3 Å². The van der Waals surface area contributed by atoms with Gasteiger partial charge in [-0.15, -0.1) is 0 Å². The van der Waals surface area contributed by atoms with Crippen LogP contribution >= 0.6 is 0 Å². The van der Waals surface area contributed by atoms with Gasteiger partial charge in [0.1, 0.15) is 11.6 Å². The molecule has 1 amide bonds. The molecule has 2 atom stereocenters. The molecule has 1 aromatic carbocycles. The van der Waals surface area contributed by atoms with Crippen molar-refractivity contribution < 1.29 is 14.3 Å². The number of carbonyl (C=O) groups excluding carboxylic acids is 2. The third-order valence-electron chi connectivity index (χ3n) is 5.83. The number of aromatic nitrogens is 1. The van der Waals surface area contributed by atoms with Crippen LogP contribution in [-0.4, -0.2) is 23.8 Å². The summed E-state index contributed by atoms with van der Waals surface area (Å²) >= 11 is 0. The van der Waals surface area contributed by atoms with E-state index in [-0.39, 0.29) is 17.6 Å². The average Bonchev–Trinajstić information content (AvgIpc) is 2.72. The second-order valence-corrected chi connectivity index (χ2v) is 8.32. The Kier molecular flexibility index (Phi) is 5.63. The van der Waals surface area contributed by atoms with Gasteiger partial charge in [0.25, 0.3) is 5.91 Å². The molecule has 2 N–H and O–H groups in total. The Morgan fingerprint density at radius 2 is 1.94 bits per heavy atom. The molecule has 6 nitrogen and oxygen atoms in total. The molecule has 0 saturated carbocycles. The van der Waals surface area contributed by atoms with Gasteiger partial charge in [0.2, 0.25) is 0 Å². The summed E-state index contributed by atoms with van der Waals surface area (Å²) in [5, 5.41) is 6.28. The molecule has 0 radical (unpaired) electrons. The number of methoxy groups -OCH3 is 1. The predicted molar refractivity (Wildman–Crippen MR) is 120 cm³/mol. The number of carbonyl (C=O) groups is 2. The fourth-order valence-corrected chi connectivity index (χ4v) is 4.49. The van der Waals surface area contributed by atoms with Crippen LogP contribution in [0.15, 0.2) is 65.0 Å². The number of rotatable bonds is 4. The SMILES string of the molecule is COc1cccc(C2C(C(=O)Nc3cccc(C)n3)=C(C)NC3=C2C(=O)CC(C)C3)c1. The maximum absolute atomic E-state index is 13.5. The maximum Gasteiger partial charge on any atom is 0.255 e. The lowest BCUT2D eigenvalue weighted by Crippen LogP contribution is -2.37. The highest BCUT2D eigenvalue weighted by molar-refractivity contribution is 6.09. The van der Waals surface area contributed by atoms with Crippen molar-refractivity contribution in [2.75, 3.05) is 12.4 Å². The third-order valence-corrected chi connectivity index (χ3v) is 5.83. The number of anilines is 1. The monoisotopic (exact) mass is 417 g/mol. The number of Topliss-reactive ketones (excluding diaryl/α,β-unsaturated/α-hetero) is 1. The normalized spacial score (nSPS) is 20.8. The number of ketones is 1. The highest BCUT2D eigenvalue weighted by Gasteiger charge is 2.40. The first kappa shape index (κ1) is 20.8. The van der Waals surface area contributed by atoms with Crippen LogP contribution in [0.25, 0.3) is 0 Å². The van der Waals surface area contributed by atoms with Gasteiger partial charge in [-0.2, -0.15) is 0 Å². The molecular weight excluding hydrogens is 390 g/mol. The number of benzene rings is 1. The fraction of sp³-hybridized carbons (Fsp3) is 0.320. The zero-order valence-electron chi connectivity index (χ0n) is 18.3. The first-order chi connectivity index (χ1) is 14.9. The van der Waals surface area contributed by atoms with Gasteiger partial charge in [-0.05, 0) is 56.0 Å². The van der Waals surface area contributed by atoms with Crippen molar-refractivity contribution in [3.8, 4) is 5.75 Å². The van der Waals surface area contributed by atoms with Crippen LogP contribution in [0.3, 0.4) is 0 Å². The van der Waals surface area contributed by atoms with Crippen LogP contribution in [0.2, 0.25) is 0 Å². The Balaban J connectivity index is 1.81. The number of allylic oxidation sites excluding steroid dienone is 3. The Labute approximate surface area is 182 Å². The minimum absolute atomic E-state index is 0.0838. The molecule has 1 aromatic heterocycles. The summed E-state index contributed by atoms with van der Waals surface area (Å²) in [4.78, 5) is 31.0. The van der Waals surface area contributed by atoms with Crippen molar-refractivity contribution in [2.24, 2.45) is 5.92 Å². The smallest absolute Gasteiger partial charge is 0.255 e. The first-order valence-electron chi connectivity index (χ1n) is 10.5. The molecule has 1 aliphatic carbocycles. The average molecular weight is 418 g/mol. The summed E-state index contributed by atoms with van der Waals surface area (Å²) in [5.74, 6) is 0.792. The Hall–Kier alpha value is -3.41. The lowest BCUT2D eigenvalue weighted by molar-refractivity contribution is -0.117. The Bertz CT molecular complexity index is 1120. The summed E-state index contributed by atoms with van der Waals surface area (Å²) < 4.78 is 5.41. The summed E-state index contributed by atoms with van der Waals surface area (Å²) in [7, 11) is 1.61. The number of aryl methyl sites for hydroxylation is 1. The van der Waals surface area contributed by atoms with Gasteiger partial charge < -0.3 is 15.4 Å². The number of nitrogens with zero attached hydrogens (tertiary/aromatic N) is 1. The number of amides is 1. The van der Waals surface area contributed by atoms with Gasteiger partial charge in [0, 0.05) is 40.6 Å². The molecule has 1 aliphatic heterocycles. The number of hydrogen-bond acceptors (Lipinski definition) is 5. The zero-order chi connectivity index (χ0) is 22.1. The van der Waals surface area contributed by atoms with E-state index in [9.17, 15) is 9.59 Å². The minimum atomic E-state index is -0.462. The second-order valence-electron chi connectivity index (χ2n) is 8.32. The van der Waals surface area contributed by atoms with E-state index in [1.807, 2.05) is 50.2 Å². The molecule has 31 heavy (non-hydrogen) atoms. The lowest BCUT2D eigenvalue weighted by atomic mass is 9.73. The van der Waals surface area contributed by atoms with E-state index in [2.05, 4.69) is 22.5 Å². The Morgan fingerprint density at radius 3 is 2.68 bits per heavy atom. The van der Waals surface area contributed by atoms with Gasteiger partial charge in [0.05, 0.1) is 7.11 Å². The minimum Gasteiger partial charge on any atom is -0.497 e. The molecule has 2 aliphatic rings. The van der Waals surface area contributed by atoms with Gasteiger partial charge in [0.15, 0.2) is 5.78 Å². The largest absolute Gasteiger partial charge is 0.497 e. The molecule has 0 saturated heterocycles. The van der Waals surface area contributed by atoms with Crippen LogP contribution < -0.4 is 15.4 Å². The van der Waals surface area contributed by atoms with E-state index in [0.29, 0.717) is 29.1 Å². The van der Waals surface area contributed by atoms with Crippen molar-refractivity contribution in [3.05, 3.63) is 76.3 Å². The van der Waals surface area contributed by atoms with Crippen LogP contribution in [0, 0.1) is 12.8 Å². The number of ether oxygens (including phenoxy) is 1. The standard InChI is InChI=1S/C25H27N3O3/c1-14-11-19-24(20(29)12-14)23(17-8-6-9-18(13-17)31-4)22(16(3)27-19)25(30)28-21-10-5-7-15(2)26-21/h5-10,13-14,23,27H,11-12H2,1-4H3,(H,26,28,30). The van der Waals surface area contributed by atoms with Gasteiger partial charge in [-0.25, -0.2) is 4.98 Å². The lowest BCUT2D eigenvalue weighted by Gasteiger charge is -2.36. The predicted octanol–water partition coefficient (Wildman–Crippen LogP) is 4.25. The van der Waals surface area contributed by atoms with Crippen molar-refractivity contribution in [1.29, 1.82) is 0 Å². The van der Waals surface area contributed by atoms with Crippen molar-refractivity contribution in [3.63, 3.8) is 0 Å². The molecule has 160 valence electrons.